The Labute approximate surface area is 159 Å². The summed E-state index contributed by atoms with van der Waals surface area (Å²) in [5.41, 5.74) is 8.87. The molecule has 0 amide bonds. The first kappa shape index (κ1) is 16.7. The average molecular weight is 375 g/mol. The molecule has 0 radical (unpaired) electrons. The zero-order valence-electron chi connectivity index (χ0n) is 15.0. The number of aryl methyl sites for hydroxylation is 1. The number of nitrogens with zero attached hydrogens (tertiary/aromatic N) is 3. The second-order valence-corrected chi connectivity index (χ2v) is 7.15. The molecule has 1 atom stereocenters. The predicted molar refractivity (Wildman–Crippen MR) is 105 cm³/mol. The molecule has 5 aliphatic heterocycles. The lowest BCUT2D eigenvalue weighted by molar-refractivity contribution is 0.325. The number of halogens is 1. The molecule has 0 saturated heterocycles. The molecule has 28 heavy (non-hydrogen) atoms. The van der Waals surface area contributed by atoms with Crippen LogP contribution in [0.15, 0.2) is 53.7 Å². The summed E-state index contributed by atoms with van der Waals surface area (Å²) in [5.74, 6) is 1.30. The lowest BCUT2D eigenvalue weighted by Gasteiger charge is -2.12. The fraction of sp³-hybridized carbons (Fsp3) is 0.190. The zero-order valence-corrected chi connectivity index (χ0v) is 15.0. The molecular formula is C21H18FN5O. The van der Waals surface area contributed by atoms with Crippen molar-refractivity contribution in [3.63, 3.8) is 0 Å². The first-order chi connectivity index (χ1) is 13.6. The van der Waals surface area contributed by atoms with Crippen molar-refractivity contribution in [1.29, 1.82) is 0 Å². The molecule has 3 N–H and O–H groups in total. The summed E-state index contributed by atoms with van der Waals surface area (Å²) in [6, 6.07) is 8.96. The number of hydrogen-bond donors (Lipinski definition) is 2. The molecule has 1 aromatic carbocycles. The van der Waals surface area contributed by atoms with E-state index in [0.29, 0.717) is 40.8 Å². The number of aromatic amines is 1. The molecule has 6 nitrogen and oxygen atoms in total. The van der Waals surface area contributed by atoms with Gasteiger partial charge in [-0.1, -0.05) is 6.07 Å². The highest BCUT2D eigenvalue weighted by atomic mass is 19.1. The van der Waals surface area contributed by atoms with E-state index in [2.05, 4.69) is 15.0 Å². The van der Waals surface area contributed by atoms with Gasteiger partial charge in [0.25, 0.3) is 5.56 Å². The van der Waals surface area contributed by atoms with Crippen molar-refractivity contribution in [1.82, 2.24) is 19.5 Å². The van der Waals surface area contributed by atoms with Gasteiger partial charge in [0.2, 0.25) is 0 Å². The smallest absolute Gasteiger partial charge is 0.258 e. The van der Waals surface area contributed by atoms with Gasteiger partial charge in [-0.05, 0) is 48.2 Å². The van der Waals surface area contributed by atoms with Crippen molar-refractivity contribution in [2.24, 2.45) is 0 Å². The number of nitrogens with one attached hydrogen (secondary N) is 1. The number of nitrogen functional groups attached to an aromatic ring is 1. The van der Waals surface area contributed by atoms with Gasteiger partial charge in [0.1, 0.15) is 17.8 Å². The second kappa shape index (κ2) is 6.30. The molecule has 9 rings (SSSR count). The van der Waals surface area contributed by atoms with Gasteiger partial charge in [0.05, 0.1) is 10.9 Å². The lowest BCUT2D eigenvalue weighted by atomic mass is 10.0. The SMILES string of the molecule is Nc1cc2nc3[nH]c(=O)c2cc1C(F)CCc1ccn(c1)-c1ccc(cn1)C3. The molecule has 3 aromatic heterocycles. The molecule has 140 valence electrons. The van der Waals surface area contributed by atoms with Crippen LogP contribution in [-0.4, -0.2) is 19.5 Å². The van der Waals surface area contributed by atoms with Gasteiger partial charge in [0, 0.05) is 36.3 Å². The number of aromatic nitrogens is 4. The average Bonchev–Trinajstić information content (AvgIpc) is 3.15. The summed E-state index contributed by atoms with van der Waals surface area (Å²) < 4.78 is 16.9. The molecule has 8 bridgehead atoms. The minimum absolute atomic E-state index is 0.273. The van der Waals surface area contributed by atoms with Crippen LogP contribution in [0.1, 0.15) is 35.1 Å². The first-order valence-electron chi connectivity index (χ1n) is 9.15. The molecule has 7 heteroatoms. The fourth-order valence-corrected chi connectivity index (χ4v) is 3.67. The highest BCUT2D eigenvalue weighted by Crippen LogP contribution is 2.30. The third-order valence-electron chi connectivity index (χ3n) is 5.18. The molecule has 0 fully saturated rings. The molecular weight excluding hydrogens is 357 g/mol. The van der Waals surface area contributed by atoms with E-state index in [4.69, 9.17) is 5.73 Å². The molecule has 4 aromatic rings. The van der Waals surface area contributed by atoms with Crippen molar-refractivity contribution >= 4 is 16.6 Å². The Bertz CT molecular complexity index is 1240. The number of rotatable bonds is 0. The Morgan fingerprint density at radius 3 is 2.93 bits per heavy atom. The Morgan fingerprint density at radius 1 is 1.21 bits per heavy atom. The third kappa shape index (κ3) is 2.85. The van der Waals surface area contributed by atoms with E-state index in [0.717, 1.165) is 16.9 Å². The van der Waals surface area contributed by atoms with Gasteiger partial charge in [-0.3, -0.25) is 4.79 Å². The van der Waals surface area contributed by atoms with Gasteiger partial charge in [-0.25, -0.2) is 14.4 Å². The minimum Gasteiger partial charge on any atom is -0.398 e. The molecule has 0 spiro atoms. The molecule has 8 heterocycles. The first-order valence-corrected chi connectivity index (χ1v) is 9.15. The summed E-state index contributed by atoms with van der Waals surface area (Å²) in [5, 5.41) is 0.347. The normalized spacial score (nSPS) is 16.2. The predicted octanol–water partition coefficient (Wildman–Crippen LogP) is 3.24. The van der Waals surface area contributed by atoms with E-state index in [1.54, 1.807) is 12.3 Å². The van der Waals surface area contributed by atoms with E-state index in [-0.39, 0.29) is 12.0 Å². The third-order valence-corrected chi connectivity index (χ3v) is 5.18. The van der Waals surface area contributed by atoms with Gasteiger partial charge < -0.3 is 15.3 Å². The summed E-state index contributed by atoms with van der Waals surface area (Å²) in [4.78, 5) is 24.4. The lowest BCUT2D eigenvalue weighted by Crippen LogP contribution is -2.13. The molecule has 0 saturated carbocycles. The van der Waals surface area contributed by atoms with Crippen LogP contribution in [0, 0.1) is 0 Å². The number of anilines is 1. The fourth-order valence-electron chi connectivity index (χ4n) is 3.67. The van der Waals surface area contributed by atoms with E-state index < -0.39 is 6.17 Å². The van der Waals surface area contributed by atoms with Crippen LogP contribution in [-0.2, 0) is 12.8 Å². The monoisotopic (exact) mass is 375 g/mol. The van der Waals surface area contributed by atoms with Crippen LogP contribution < -0.4 is 11.3 Å². The number of nitrogens with two attached hydrogens (primary N) is 1. The number of benzene rings is 1. The number of alkyl halides is 1. The number of H-pyrrole nitrogens is 1. The summed E-state index contributed by atoms with van der Waals surface area (Å²) in [7, 11) is 0. The van der Waals surface area contributed by atoms with E-state index >= 15 is 0 Å². The van der Waals surface area contributed by atoms with Gasteiger partial charge >= 0.3 is 0 Å². The molecule has 1 unspecified atom stereocenters. The largest absolute Gasteiger partial charge is 0.398 e. The van der Waals surface area contributed by atoms with Crippen molar-refractivity contribution in [3.05, 3.63) is 81.8 Å². The van der Waals surface area contributed by atoms with Crippen LogP contribution in [0.4, 0.5) is 10.1 Å². The topological polar surface area (TPSA) is 89.6 Å². The maximum absolute atomic E-state index is 14.9. The quantitative estimate of drug-likeness (QED) is 0.462. The van der Waals surface area contributed by atoms with Crippen LogP contribution in [0.3, 0.4) is 0 Å². The van der Waals surface area contributed by atoms with Crippen LogP contribution >= 0.6 is 0 Å². The van der Waals surface area contributed by atoms with Gasteiger partial charge in [0.15, 0.2) is 0 Å². The molecule has 0 aliphatic carbocycles. The minimum atomic E-state index is -1.26. The van der Waals surface area contributed by atoms with Crippen LogP contribution in [0.2, 0.25) is 0 Å². The standard InChI is InChI=1S/C21H18FN5O/c22-16-3-1-12-5-6-27(11-12)20-4-2-13(10-24-20)7-19-25-18-9-17(23)14(16)8-15(18)21(28)26-19/h2,4-6,8-11,16H,1,3,7,23H2,(H,25,26,28). The highest BCUT2D eigenvalue weighted by Gasteiger charge is 2.17. The maximum atomic E-state index is 14.9. The summed E-state index contributed by atoms with van der Waals surface area (Å²) in [6.07, 6.45) is 5.65. The Balaban J connectivity index is 1.70. The number of hydrogen-bond acceptors (Lipinski definition) is 4. The van der Waals surface area contributed by atoms with Gasteiger partial charge in [-0.15, -0.1) is 0 Å². The van der Waals surface area contributed by atoms with Crippen molar-refractivity contribution in [2.75, 3.05) is 5.73 Å². The zero-order chi connectivity index (χ0) is 19.3. The van der Waals surface area contributed by atoms with Crippen LogP contribution in [0.25, 0.3) is 16.7 Å². The highest BCUT2D eigenvalue weighted by molar-refractivity contribution is 5.83. The van der Waals surface area contributed by atoms with Gasteiger partial charge in [-0.2, -0.15) is 0 Å². The Kier molecular flexibility index (Phi) is 3.75. The number of pyridine rings is 1. The van der Waals surface area contributed by atoms with E-state index in [1.165, 1.54) is 6.07 Å². The molecule has 5 aliphatic rings. The van der Waals surface area contributed by atoms with Crippen molar-refractivity contribution < 1.29 is 4.39 Å². The Morgan fingerprint density at radius 2 is 2.11 bits per heavy atom. The summed E-state index contributed by atoms with van der Waals surface area (Å²) >= 11 is 0. The van der Waals surface area contributed by atoms with E-state index in [1.807, 2.05) is 35.2 Å². The Hall–Kier alpha value is -3.48. The van der Waals surface area contributed by atoms with Crippen molar-refractivity contribution in [3.8, 4) is 5.82 Å². The van der Waals surface area contributed by atoms with E-state index in [9.17, 15) is 9.18 Å². The maximum Gasteiger partial charge on any atom is 0.258 e. The van der Waals surface area contributed by atoms with Crippen LogP contribution in [0.5, 0.6) is 0 Å². The second-order valence-electron chi connectivity index (χ2n) is 7.15. The van der Waals surface area contributed by atoms with Crippen molar-refractivity contribution in [2.45, 2.75) is 25.4 Å². The summed E-state index contributed by atoms with van der Waals surface area (Å²) in [6.45, 7) is 0.